The van der Waals surface area contributed by atoms with E-state index >= 15 is 0 Å². The molecule has 0 aliphatic carbocycles. The van der Waals surface area contributed by atoms with Crippen LogP contribution in [0.15, 0.2) is 0 Å². The topological polar surface area (TPSA) is 80.7 Å². The van der Waals surface area contributed by atoms with Crippen molar-refractivity contribution < 1.29 is 52.9 Å². The van der Waals surface area contributed by atoms with Gasteiger partial charge in [0.1, 0.15) is 0 Å². The van der Waals surface area contributed by atoms with Crippen molar-refractivity contribution in [1.82, 2.24) is 0 Å². The second kappa shape index (κ2) is 18.7. The quantitative estimate of drug-likeness (QED) is 0.230. The molecule has 0 amide bonds. The van der Waals surface area contributed by atoms with Gasteiger partial charge in [-0.15, -0.1) is 0 Å². The van der Waals surface area contributed by atoms with E-state index in [1.165, 1.54) is 70.6 Å². The monoisotopic (exact) mass is 402 g/mol. The molecule has 152 valence electrons. The first-order valence-electron chi connectivity index (χ1n) is 10.1. The second-order valence-corrected chi connectivity index (χ2v) is 8.14. The number of hydrogen-bond donors (Lipinski definition) is 1. The summed E-state index contributed by atoms with van der Waals surface area (Å²) in [4.78, 5) is 11.4. The van der Waals surface area contributed by atoms with Gasteiger partial charge < -0.3 is 5.61 Å². The third kappa shape index (κ3) is 20.7. The molecular formula is C19H39NaO5S. The van der Waals surface area contributed by atoms with Gasteiger partial charge in [0.05, 0.1) is 5.92 Å². The van der Waals surface area contributed by atoms with Gasteiger partial charge in [-0.3, -0.25) is 9.35 Å². The van der Waals surface area contributed by atoms with Crippen LogP contribution >= 0.6 is 0 Å². The molecule has 0 aliphatic rings. The van der Waals surface area contributed by atoms with E-state index in [1.54, 1.807) is 6.92 Å². The predicted octanol–water partition coefficient (Wildman–Crippen LogP) is 2.96. The maximum Gasteiger partial charge on any atom is 1.00 e. The predicted molar refractivity (Wildman–Crippen MR) is 103 cm³/mol. The third-order valence-electron chi connectivity index (χ3n) is 4.58. The Hall–Kier alpha value is 0.380. The second-order valence-electron chi connectivity index (χ2n) is 7.12. The summed E-state index contributed by atoms with van der Waals surface area (Å²) in [5.41, 5.74) is 0. The van der Waals surface area contributed by atoms with Crippen LogP contribution in [-0.2, 0) is 19.4 Å². The Bertz CT molecular complexity index is 432. The summed E-state index contributed by atoms with van der Waals surface area (Å²) in [7, 11) is -4.68. The molecule has 0 aliphatic heterocycles. The first kappa shape index (κ1) is 28.6. The molecule has 0 aromatic heterocycles. The third-order valence-corrected chi connectivity index (χ3v) is 4.96. The minimum Gasteiger partial charge on any atom is -1.00 e. The van der Waals surface area contributed by atoms with Crippen molar-refractivity contribution in [2.45, 2.75) is 110 Å². The molecule has 0 radical (unpaired) electrons. The summed E-state index contributed by atoms with van der Waals surface area (Å²) in [5, 5.41) is 0. The fraction of sp³-hybridized carbons (Fsp3) is 0.947. The Balaban J connectivity index is -0.00000288. The molecule has 5 nitrogen and oxygen atoms in total. The van der Waals surface area contributed by atoms with E-state index in [9.17, 15) is 13.2 Å². The van der Waals surface area contributed by atoms with Crippen LogP contribution in [-0.4, -0.2) is 18.9 Å². The Morgan fingerprint density at radius 2 is 1.19 bits per heavy atom. The Morgan fingerprint density at radius 1 is 0.846 bits per heavy atom. The largest absolute Gasteiger partial charge is 1.00 e. The van der Waals surface area contributed by atoms with Crippen molar-refractivity contribution in [3.8, 4) is 0 Å². The van der Waals surface area contributed by atoms with E-state index in [4.69, 9.17) is 4.55 Å². The van der Waals surface area contributed by atoms with Gasteiger partial charge in [0.15, 0.2) is 0 Å². The molecule has 0 fully saturated rings. The van der Waals surface area contributed by atoms with Crippen LogP contribution in [0.5, 0.6) is 0 Å². The van der Waals surface area contributed by atoms with Crippen LogP contribution in [0.2, 0.25) is 0 Å². The van der Waals surface area contributed by atoms with Crippen molar-refractivity contribution in [3.05, 3.63) is 0 Å². The summed E-state index contributed by atoms with van der Waals surface area (Å²) in [6, 6.07) is 0. The van der Waals surface area contributed by atoms with Crippen LogP contribution in [0.3, 0.4) is 0 Å². The van der Waals surface area contributed by atoms with Crippen LogP contribution in [0.4, 0.5) is 0 Å². The van der Waals surface area contributed by atoms with E-state index in [0.29, 0.717) is 6.42 Å². The van der Waals surface area contributed by atoms with Gasteiger partial charge in [-0.05, 0) is 6.42 Å². The number of hydrogen-bond acceptors (Lipinski definition) is 4. The Morgan fingerprint density at radius 3 is 1.54 bits per heavy atom. The maximum absolute atomic E-state index is 11.4. The van der Waals surface area contributed by atoms with E-state index in [1.807, 2.05) is 0 Å². The maximum atomic E-state index is 11.4. The van der Waals surface area contributed by atoms with Crippen molar-refractivity contribution in [3.63, 3.8) is 0 Å². The number of unbranched alkanes of at least 4 members (excludes halogenated alkanes) is 13. The molecule has 0 saturated heterocycles. The average molecular weight is 403 g/mol. The molecule has 0 spiro atoms. The molecule has 0 rings (SSSR count). The van der Waals surface area contributed by atoms with Gasteiger partial charge in [0, 0.05) is 0 Å². The van der Waals surface area contributed by atoms with Gasteiger partial charge in [0.25, 0.3) is 0 Å². The number of carbonyl (C=O) groups excluding carboxylic acids is 1. The summed E-state index contributed by atoms with van der Waals surface area (Å²) in [6.07, 6.45) is 18.4. The standard InChI is InChI=1S/C19H38O5S.Na.H/c1-3-4-5-6-7-8-9-10-11-12-13-14-15-16-17-18(2)19(20)24-25(21,22)23;;/h18H,3-17H2,1-2H3,(H,21,22,23);;/q;+1;-1. The molecule has 1 atom stereocenters. The summed E-state index contributed by atoms with van der Waals surface area (Å²) in [6.45, 7) is 3.87. The van der Waals surface area contributed by atoms with Gasteiger partial charge in [0.2, 0.25) is 0 Å². The van der Waals surface area contributed by atoms with Crippen molar-refractivity contribution in [2.75, 3.05) is 0 Å². The molecular weight excluding hydrogens is 363 g/mol. The first-order chi connectivity index (χ1) is 11.9. The molecule has 1 unspecified atom stereocenters. The summed E-state index contributed by atoms with van der Waals surface area (Å²) in [5.74, 6) is -1.38. The fourth-order valence-electron chi connectivity index (χ4n) is 2.95. The smallest absolute Gasteiger partial charge is 1.00 e. The van der Waals surface area contributed by atoms with Crippen LogP contribution in [0.25, 0.3) is 0 Å². The Labute approximate surface area is 184 Å². The zero-order chi connectivity index (χ0) is 19.0. The molecule has 0 aromatic carbocycles. The van der Waals surface area contributed by atoms with Crippen molar-refractivity contribution >= 4 is 16.4 Å². The number of rotatable bonds is 17. The van der Waals surface area contributed by atoms with Crippen molar-refractivity contribution in [1.29, 1.82) is 0 Å². The van der Waals surface area contributed by atoms with Crippen LogP contribution in [0, 0.1) is 5.92 Å². The zero-order valence-electron chi connectivity index (χ0n) is 18.2. The molecule has 0 heterocycles. The van der Waals surface area contributed by atoms with Crippen LogP contribution < -0.4 is 29.6 Å². The zero-order valence-corrected chi connectivity index (χ0v) is 20.0. The van der Waals surface area contributed by atoms with E-state index in [0.717, 1.165) is 19.3 Å². The molecule has 0 bridgehead atoms. The fourth-order valence-corrected chi connectivity index (χ4v) is 3.32. The summed E-state index contributed by atoms with van der Waals surface area (Å²) < 4.78 is 33.3. The van der Waals surface area contributed by atoms with Crippen molar-refractivity contribution in [2.24, 2.45) is 5.92 Å². The van der Waals surface area contributed by atoms with E-state index in [2.05, 4.69) is 11.1 Å². The molecule has 0 saturated carbocycles. The number of carbonyl (C=O) groups is 1. The average Bonchev–Trinajstić information content (AvgIpc) is 2.53. The van der Waals surface area contributed by atoms with Gasteiger partial charge in [-0.25, -0.2) is 0 Å². The Kier molecular flexibility index (Phi) is 20.6. The molecule has 26 heavy (non-hydrogen) atoms. The van der Waals surface area contributed by atoms with Gasteiger partial charge in [-0.1, -0.05) is 104 Å². The SMILES string of the molecule is CCCCCCCCCCCCCCCCC(C)C(=O)OS(=O)(=O)O.[H-].[Na+]. The van der Waals surface area contributed by atoms with Gasteiger partial charge in [-0.2, -0.15) is 8.42 Å². The minimum absolute atomic E-state index is 0. The van der Waals surface area contributed by atoms with E-state index < -0.39 is 22.3 Å². The normalized spacial score (nSPS) is 12.4. The first-order valence-corrected chi connectivity index (χ1v) is 11.4. The molecule has 7 heteroatoms. The van der Waals surface area contributed by atoms with Gasteiger partial charge >= 0.3 is 45.9 Å². The summed E-state index contributed by atoms with van der Waals surface area (Å²) >= 11 is 0. The van der Waals surface area contributed by atoms with Crippen LogP contribution in [0.1, 0.15) is 112 Å². The minimum atomic E-state index is -4.68. The molecule has 0 aromatic rings. The van der Waals surface area contributed by atoms with E-state index in [-0.39, 0.29) is 31.0 Å². The molecule has 1 N–H and O–H groups in total.